The molecule has 0 saturated carbocycles. The minimum absolute atomic E-state index is 0.400. The van der Waals surface area contributed by atoms with Gasteiger partial charge in [-0.25, -0.2) is 9.48 Å². The van der Waals surface area contributed by atoms with Gasteiger partial charge in [0.15, 0.2) is 11.8 Å². The molecule has 0 spiro atoms. The third kappa shape index (κ3) is 4.59. The molecule has 0 fully saturated rings. The fourth-order valence-electron chi connectivity index (χ4n) is 3.62. The van der Waals surface area contributed by atoms with Crippen LogP contribution >= 0.6 is 0 Å². The number of carboxylic acid groups (broad SMARTS) is 1. The smallest absolute Gasteiger partial charge is 0.316 e. The molecular weight excluding hydrogens is 426 g/mol. The van der Waals surface area contributed by atoms with E-state index in [-0.39, 0.29) is 0 Å². The molecule has 0 radical (unpaired) electrons. The number of carbonyl (C=O) groups is 4. The summed E-state index contributed by atoms with van der Waals surface area (Å²) in [5.74, 6) is -2.27. The SMILES string of the molecule is CN1C=CC(=O)C(NC(=O)NC(CC(=O)O)c2cccc(-n3ncc4ccccc43)c2)C1=O. The maximum absolute atomic E-state index is 12.6. The lowest BCUT2D eigenvalue weighted by molar-refractivity contribution is -0.138. The van der Waals surface area contributed by atoms with Crippen LogP contribution in [0.4, 0.5) is 4.79 Å². The van der Waals surface area contributed by atoms with Crippen LogP contribution in [0.5, 0.6) is 0 Å². The first-order chi connectivity index (χ1) is 15.8. The van der Waals surface area contributed by atoms with Crippen LogP contribution < -0.4 is 10.6 Å². The summed E-state index contributed by atoms with van der Waals surface area (Å²) in [6.07, 6.45) is 3.84. The van der Waals surface area contributed by atoms with E-state index in [0.717, 1.165) is 10.9 Å². The quantitative estimate of drug-likeness (QED) is 0.493. The number of amides is 3. The summed E-state index contributed by atoms with van der Waals surface area (Å²) in [4.78, 5) is 49.5. The highest BCUT2D eigenvalue weighted by Gasteiger charge is 2.32. The zero-order valence-electron chi connectivity index (χ0n) is 17.6. The molecule has 0 aliphatic carbocycles. The number of para-hydroxylation sites is 1. The second-order valence-electron chi connectivity index (χ2n) is 7.58. The Morgan fingerprint density at radius 1 is 1.15 bits per heavy atom. The molecule has 2 atom stereocenters. The van der Waals surface area contributed by atoms with Crippen molar-refractivity contribution in [2.45, 2.75) is 18.5 Å². The number of fused-ring (bicyclic) bond motifs is 1. The van der Waals surface area contributed by atoms with Crippen molar-refractivity contribution in [1.29, 1.82) is 0 Å². The van der Waals surface area contributed by atoms with Gasteiger partial charge in [-0.3, -0.25) is 14.4 Å². The number of carbonyl (C=O) groups excluding carboxylic acids is 3. The van der Waals surface area contributed by atoms with Gasteiger partial charge in [-0.2, -0.15) is 5.10 Å². The van der Waals surface area contributed by atoms with Crippen molar-refractivity contribution in [2.75, 3.05) is 7.05 Å². The lowest BCUT2D eigenvalue weighted by atomic mass is 10.0. The Bertz CT molecular complexity index is 1280. The van der Waals surface area contributed by atoms with Gasteiger partial charge in [0, 0.05) is 24.7 Å². The molecule has 2 heterocycles. The summed E-state index contributed by atoms with van der Waals surface area (Å²) in [6.45, 7) is 0. The van der Waals surface area contributed by atoms with Crippen LogP contribution in [0.15, 0.2) is 67.0 Å². The molecule has 3 amide bonds. The van der Waals surface area contributed by atoms with E-state index in [1.165, 1.54) is 24.2 Å². The van der Waals surface area contributed by atoms with Crippen LogP contribution in [0, 0.1) is 0 Å². The van der Waals surface area contributed by atoms with Crippen molar-refractivity contribution in [3.63, 3.8) is 0 Å². The molecular formula is C23H21N5O5. The fraction of sp³-hybridized carbons (Fsp3) is 0.174. The largest absolute Gasteiger partial charge is 0.481 e. The Labute approximate surface area is 188 Å². The highest BCUT2D eigenvalue weighted by Crippen LogP contribution is 2.23. The molecule has 3 aromatic rings. The van der Waals surface area contributed by atoms with Gasteiger partial charge < -0.3 is 20.6 Å². The molecule has 1 aliphatic heterocycles. The molecule has 1 aromatic heterocycles. The molecule has 4 rings (SSSR count). The zero-order valence-corrected chi connectivity index (χ0v) is 17.6. The molecule has 3 N–H and O–H groups in total. The molecule has 0 saturated heterocycles. The van der Waals surface area contributed by atoms with E-state index < -0.39 is 42.2 Å². The van der Waals surface area contributed by atoms with Crippen LogP contribution in [-0.4, -0.2) is 56.6 Å². The average molecular weight is 447 g/mol. The van der Waals surface area contributed by atoms with Crippen molar-refractivity contribution < 1.29 is 24.3 Å². The first-order valence-electron chi connectivity index (χ1n) is 10.1. The van der Waals surface area contributed by atoms with E-state index in [9.17, 15) is 24.3 Å². The lowest BCUT2D eigenvalue weighted by Gasteiger charge is -2.25. The second-order valence-corrected chi connectivity index (χ2v) is 7.58. The van der Waals surface area contributed by atoms with E-state index >= 15 is 0 Å². The Morgan fingerprint density at radius 3 is 2.73 bits per heavy atom. The number of nitrogens with one attached hydrogen (secondary N) is 2. The zero-order chi connectivity index (χ0) is 23.5. The average Bonchev–Trinajstić information content (AvgIpc) is 3.23. The maximum atomic E-state index is 12.6. The summed E-state index contributed by atoms with van der Waals surface area (Å²) < 4.78 is 1.72. The van der Waals surface area contributed by atoms with Crippen LogP contribution in [0.25, 0.3) is 16.6 Å². The van der Waals surface area contributed by atoms with Crippen LogP contribution in [0.3, 0.4) is 0 Å². The molecule has 168 valence electrons. The van der Waals surface area contributed by atoms with Crippen molar-refractivity contribution in [3.05, 3.63) is 72.6 Å². The normalized spacial score (nSPS) is 16.6. The molecule has 10 heteroatoms. The van der Waals surface area contributed by atoms with Gasteiger partial charge in [0.2, 0.25) is 0 Å². The number of benzene rings is 2. The first kappa shape index (κ1) is 21.8. The number of rotatable bonds is 6. The Kier molecular flexibility index (Phi) is 5.90. The predicted molar refractivity (Wildman–Crippen MR) is 118 cm³/mol. The lowest BCUT2D eigenvalue weighted by Crippen LogP contribution is -2.55. The molecule has 2 unspecified atom stereocenters. The van der Waals surface area contributed by atoms with Crippen LogP contribution in [-0.2, 0) is 14.4 Å². The Morgan fingerprint density at radius 2 is 1.94 bits per heavy atom. The summed E-state index contributed by atoms with van der Waals surface area (Å²) in [5.41, 5.74) is 2.10. The van der Waals surface area contributed by atoms with E-state index in [2.05, 4.69) is 15.7 Å². The highest BCUT2D eigenvalue weighted by atomic mass is 16.4. The highest BCUT2D eigenvalue weighted by molar-refractivity contribution is 6.14. The van der Waals surface area contributed by atoms with Crippen molar-refractivity contribution in [1.82, 2.24) is 25.3 Å². The summed E-state index contributed by atoms with van der Waals surface area (Å²) >= 11 is 0. The second kappa shape index (κ2) is 8.95. The number of nitrogens with zero attached hydrogens (tertiary/aromatic N) is 3. The predicted octanol–water partition coefficient (Wildman–Crippen LogP) is 1.76. The Hall–Kier alpha value is -4.47. The third-order valence-corrected chi connectivity index (χ3v) is 5.30. The number of hydrogen-bond acceptors (Lipinski definition) is 5. The molecule has 33 heavy (non-hydrogen) atoms. The number of hydrogen-bond donors (Lipinski definition) is 3. The van der Waals surface area contributed by atoms with E-state index in [1.54, 1.807) is 29.1 Å². The van der Waals surface area contributed by atoms with Gasteiger partial charge in [-0.1, -0.05) is 30.3 Å². The number of urea groups is 1. The van der Waals surface area contributed by atoms with Gasteiger partial charge >= 0.3 is 12.0 Å². The minimum Gasteiger partial charge on any atom is -0.481 e. The van der Waals surface area contributed by atoms with Crippen LogP contribution in [0.1, 0.15) is 18.0 Å². The maximum Gasteiger partial charge on any atom is 0.316 e. The fourth-order valence-corrected chi connectivity index (χ4v) is 3.62. The molecule has 0 bridgehead atoms. The topological polar surface area (TPSA) is 134 Å². The molecule has 2 aromatic carbocycles. The monoisotopic (exact) mass is 447 g/mol. The van der Waals surface area contributed by atoms with Gasteiger partial charge in [0.25, 0.3) is 5.91 Å². The minimum atomic E-state index is -1.37. The summed E-state index contributed by atoms with van der Waals surface area (Å²) in [7, 11) is 1.47. The van der Waals surface area contributed by atoms with Gasteiger partial charge in [0.05, 0.1) is 29.9 Å². The van der Waals surface area contributed by atoms with E-state index in [4.69, 9.17) is 0 Å². The standard InChI is InChI=1S/C23H21N5O5/c1-27-10-9-19(29)21(22(27)32)26-23(33)25-17(12-20(30)31)14-6-4-7-16(11-14)28-18-8-3-2-5-15(18)13-24-28/h2-11,13,17,21H,12H2,1H3,(H,30,31)(H2,25,26,33). The molecule has 1 aliphatic rings. The third-order valence-electron chi connectivity index (χ3n) is 5.30. The van der Waals surface area contributed by atoms with Gasteiger partial charge in [-0.05, 0) is 23.8 Å². The van der Waals surface area contributed by atoms with Gasteiger partial charge in [0.1, 0.15) is 0 Å². The van der Waals surface area contributed by atoms with Crippen LogP contribution in [0.2, 0.25) is 0 Å². The number of likely N-dealkylation sites (N-methyl/N-ethyl adjacent to an activating group) is 1. The molecule has 10 nitrogen and oxygen atoms in total. The Balaban J connectivity index is 1.58. The van der Waals surface area contributed by atoms with Crippen molar-refractivity contribution in [3.8, 4) is 5.69 Å². The van der Waals surface area contributed by atoms with E-state index in [0.29, 0.717) is 11.3 Å². The van der Waals surface area contributed by atoms with Gasteiger partial charge in [-0.15, -0.1) is 0 Å². The number of carboxylic acids is 1. The summed E-state index contributed by atoms with van der Waals surface area (Å²) in [5, 5.41) is 19.6. The first-order valence-corrected chi connectivity index (χ1v) is 10.1. The van der Waals surface area contributed by atoms with Crippen molar-refractivity contribution in [2.24, 2.45) is 0 Å². The number of aliphatic carboxylic acids is 1. The van der Waals surface area contributed by atoms with Crippen molar-refractivity contribution >= 4 is 34.6 Å². The number of ketones is 1. The number of aromatic nitrogens is 2. The summed E-state index contributed by atoms with van der Waals surface area (Å²) in [6, 6.07) is 11.5. The van der Waals surface area contributed by atoms with E-state index in [1.807, 2.05) is 30.3 Å².